The molecule has 1 atom stereocenters. The molecule has 1 heterocycles. The van der Waals surface area contributed by atoms with E-state index in [1.807, 2.05) is 24.3 Å². The zero-order chi connectivity index (χ0) is 18.7. The maximum atomic E-state index is 12.8. The molecule has 2 amide bonds. The standard InChI is InChI=1S/C20H27ClN2O2S/c1-20(2,15-8-5-9-16(21)10-15)12-22-18(24)17-11-26-13-23(17)19(25)14-6-3-4-7-14/h5,8-10,14,17H,3-4,6-7,11-13H2,1-2H3,(H,22,24). The highest BCUT2D eigenvalue weighted by atomic mass is 35.5. The molecule has 4 nitrogen and oxygen atoms in total. The summed E-state index contributed by atoms with van der Waals surface area (Å²) in [6.07, 6.45) is 4.19. The van der Waals surface area contributed by atoms with Crippen LogP contribution in [0.2, 0.25) is 5.02 Å². The average molecular weight is 395 g/mol. The quantitative estimate of drug-likeness (QED) is 0.825. The second kappa shape index (κ2) is 8.22. The molecule has 26 heavy (non-hydrogen) atoms. The van der Waals surface area contributed by atoms with Gasteiger partial charge in [-0.15, -0.1) is 11.8 Å². The molecule has 1 aromatic carbocycles. The lowest BCUT2D eigenvalue weighted by atomic mass is 9.84. The minimum atomic E-state index is -0.344. The van der Waals surface area contributed by atoms with E-state index in [-0.39, 0.29) is 29.2 Å². The predicted octanol–water partition coefficient (Wildman–Crippen LogP) is 3.83. The van der Waals surface area contributed by atoms with Crippen molar-refractivity contribution in [3.8, 4) is 0 Å². The molecule has 6 heteroatoms. The zero-order valence-corrected chi connectivity index (χ0v) is 17.0. The topological polar surface area (TPSA) is 49.4 Å². The van der Waals surface area contributed by atoms with Gasteiger partial charge >= 0.3 is 0 Å². The molecular formula is C20H27ClN2O2S. The molecule has 0 radical (unpaired) electrons. The number of benzene rings is 1. The SMILES string of the molecule is CC(C)(CNC(=O)C1CSCN1C(=O)C1CCCC1)c1cccc(Cl)c1. The van der Waals surface area contributed by atoms with Crippen LogP contribution in [0.15, 0.2) is 24.3 Å². The van der Waals surface area contributed by atoms with Gasteiger partial charge in [0, 0.05) is 28.7 Å². The molecule has 1 N–H and O–H groups in total. The third kappa shape index (κ3) is 4.37. The van der Waals surface area contributed by atoms with Crippen molar-refractivity contribution in [3.63, 3.8) is 0 Å². The summed E-state index contributed by atoms with van der Waals surface area (Å²) in [5, 5.41) is 3.77. The molecular weight excluding hydrogens is 368 g/mol. The van der Waals surface area contributed by atoms with Gasteiger partial charge in [0.25, 0.3) is 0 Å². The van der Waals surface area contributed by atoms with Crippen LogP contribution in [0.1, 0.15) is 45.1 Å². The number of carbonyl (C=O) groups is 2. The minimum Gasteiger partial charge on any atom is -0.353 e. The molecule has 1 saturated heterocycles. The predicted molar refractivity (Wildman–Crippen MR) is 107 cm³/mol. The summed E-state index contributed by atoms with van der Waals surface area (Å²) in [6.45, 7) is 4.69. The smallest absolute Gasteiger partial charge is 0.243 e. The molecule has 1 aromatic rings. The number of hydrogen-bond acceptors (Lipinski definition) is 3. The van der Waals surface area contributed by atoms with Gasteiger partial charge in [-0.3, -0.25) is 9.59 Å². The molecule has 0 bridgehead atoms. The largest absolute Gasteiger partial charge is 0.353 e. The van der Waals surface area contributed by atoms with E-state index in [1.54, 1.807) is 16.7 Å². The van der Waals surface area contributed by atoms with Crippen LogP contribution >= 0.6 is 23.4 Å². The lowest BCUT2D eigenvalue weighted by molar-refractivity contribution is -0.141. The van der Waals surface area contributed by atoms with Gasteiger partial charge in [0.1, 0.15) is 6.04 Å². The molecule has 1 aliphatic carbocycles. The number of thioether (sulfide) groups is 1. The molecule has 1 unspecified atom stereocenters. The summed E-state index contributed by atoms with van der Waals surface area (Å²) in [4.78, 5) is 27.3. The molecule has 1 saturated carbocycles. The third-order valence-corrected chi connectivity index (χ3v) is 6.73. The highest BCUT2D eigenvalue weighted by molar-refractivity contribution is 7.99. The van der Waals surface area contributed by atoms with Gasteiger partial charge < -0.3 is 10.2 Å². The van der Waals surface area contributed by atoms with E-state index in [4.69, 9.17) is 11.6 Å². The fraction of sp³-hybridized carbons (Fsp3) is 0.600. The van der Waals surface area contributed by atoms with Crippen molar-refractivity contribution < 1.29 is 9.59 Å². The molecule has 2 fully saturated rings. The van der Waals surface area contributed by atoms with Crippen LogP contribution in [-0.4, -0.2) is 40.9 Å². The van der Waals surface area contributed by atoms with Crippen LogP contribution in [0.4, 0.5) is 0 Å². The Bertz CT molecular complexity index is 674. The fourth-order valence-corrected chi connectivity index (χ4v) is 5.08. The van der Waals surface area contributed by atoms with Crippen LogP contribution in [-0.2, 0) is 15.0 Å². The van der Waals surface area contributed by atoms with Crippen molar-refractivity contribution in [2.75, 3.05) is 18.2 Å². The van der Waals surface area contributed by atoms with E-state index in [0.29, 0.717) is 23.2 Å². The van der Waals surface area contributed by atoms with Crippen molar-refractivity contribution in [2.24, 2.45) is 5.92 Å². The molecule has 3 rings (SSSR count). The zero-order valence-electron chi connectivity index (χ0n) is 15.5. The third-order valence-electron chi connectivity index (χ3n) is 5.48. The van der Waals surface area contributed by atoms with E-state index < -0.39 is 0 Å². The molecule has 0 aromatic heterocycles. The van der Waals surface area contributed by atoms with Crippen molar-refractivity contribution in [2.45, 2.75) is 51.0 Å². The second-order valence-electron chi connectivity index (χ2n) is 7.92. The molecule has 2 aliphatic rings. The Balaban J connectivity index is 1.60. The summed E-state index contributed by atoms with van der Waals surface area (Å²) in [5.74, 6) is 1.55. The van der Waals surface area contributed by atoms with Gasteiger partial charge in [0.2, 0.25) is 11.8 Å². The van der Waals surface area contributed by atoms with E-state index in [1.165, 1.54) is 0 Å². The highest BCUT2D eigenvalue weighted by Crippen LogP contribution is 2.31. The number of rotatable bonds is 5. The van der Waals surface area contributed by atoms with Gasteiger partial charge in [-0.1, -0.05) is 50.4 Å². The minimum absolute atomic E-state index is 0.0450. The number of hydrogen-bond donors (Lipinski definition) is 1. The van der Waals surface area contributed by atoms with Crippen molar-refractivity contribution in [3.05, 3.63) is 34.9 Å². The van der Waals surface area contributed by atoms with Gasteiger partial charge in [-0.05, 0) is 30.5 Å². The number of nitrogens with one attached hydrogen (secondary N) is 1. The first-order valence-corrected chi connectivity index (χ1v) is 10.8. The first kappa shape index (κ1) is 19.6. The first-order valence-electron chi connectivity index (χ1n) is 9.30. The maximum absolute atomic E-state index is 12.8. The van der Waals surface area contributed by atoms with E-state index in [9.17, 15) is 9.59 Å². The van der Waals surface area contributed by atoms with Gasteiger partial charge in [0.05, 0.1) is 5.88 Å². The maximum Gasteiger partial charge on any atom is 0.243 e. The van der Waals surface area contributed by atoms with Crippen molar-refractivity contribution in [1.82, 2.24) is 10.2 Å². The average Bonchev–Trinajstić information content (AvgIpc) is 3.30. The van der Waals surface area contributed by atoms with Crippen LogP contribution in [0, 0.1) is 5.92 Å². The van der Waals surface area contributed by atoms with Crippen molar-refractivity contribution >= 4 is 35.2 Å². The van der Waals surface area contributed by atoms with Crippen molar-refractivity contribution in [1.29, 1.82) is 0 Å². The summed E-state index contributed by atoms with van der Waals surface area (Å²) in [6, 6.07) is 7.40. The summed E-state index contributed by atoms with van der Waals surface area (Å²) < 4.78 is 0. The highest BCUT2D eigenvalue weighted by Gasteiger charge is 2.38. The Kier molecular flexibility index (Phi) is 6.18. The van der Waals surface area contributed by atoms with Gasteiger partial charge in [-0.25, -0.2) is 0 Å². The lowest BCUT2D eigenvalue weighted by Gasteiger charge is -2.29. The Morgan fingerprint density at radius 2 is 2.04 bits per heavy atom. The monoisotopic (exact) mass is 394 g/mol. The van der Waals surface area contributed by atoms with E-state index >= 15 is 0 Å². The van der Waals surface area contributed by atoms with Gasteiger partial charge in [-0.2, -0.15) is 0 Å². The normalized spacial score (nSPS) is 21.2. The molecule has 0 spiro atoms. The fourth-order valence-electron chi connectivity index (χ4n) is 3.72. The molecule has 1 aliphatic heterocycles. The summed E-state index contributed by atoms with van der Waals surface area (Å²) in [7, 11) is 0. The van der Waals surface area contributed by atoms with Crippen LogP contribution < -0.4 is 5.32 Å². The Hall–Kier alpha value is -1.20. The van der Waals surface area contributed by atoms with Crippen LogP contribution in [0.5, 0.6) is 0 Å². The van der Waals surface area contributed by atoms with Crippen LogP contribution in [0.3, 0.4) is 0 Å². The number of amides is 2. The summed E-state index contributed by atoms with van der Waals surface area (Å²) >= 11 is 7.76. The Morgan fingerprint density at radius 3 is 2.73 bits per heavy atom. The Labute approximate surface area is 165 Å². The first-order chi connectivity index (χ1) is 12.4. The van der Waals surface area contributed by atoms with Gasteiger partial charge in [0.15, 0.2) is 0 Å². The number of carbonyl (C=O) groups excluding carboxylic acids is 2. The number of halogens is 1. The van der Waals surface area contributed by atoms with E-state index in [0.717, 1.165) is 31.2 Å². The number of nitrogens with zero attached hydrogens (tertiary/aromatic N) is 1. The second-order valence-corrected chi connectivity index (χ2v) is 9.35. The summed E-state index contributed by atoms with van der Waals surface area (Å²) in [5.41, 5.74) is 0.858. The van der Waals surface area contributed by atoms with Crippen LogP contribution in [0.25, 0.3) is 0 Å². The Morgan fingerprint density at radius 1 is 1.31 bits per heavy atom. The lowest BCUT2D eigenvalue weighted by Crippen LogP contribution is -2.50. The molecule has 142 valence electrons. The van der Waals surface area contributed by atoms with E-state index in [2.05, 4.69) is 19.2 Å².